The van der Waals surface area contributed by atoms with Crippen molar-refractivity contribution in [2.24, 2.45) is 0 Å². The van der Waals surface area contributed by atoms with E-state index in [0.717, 1.165) is 178 Å². The molecule has 7 heteroatoms. The van der Waals surface area contributed by atoms with Gasteiger partial charge in [0.2, 0.25) is 0 Å². The number of benzene rings is 19. The van der Waals surface area contributed by atoms with Crippen LogP contribution >= 0.6 is 0 Å². The van der Waals surface area contributed by atoms with Gasteiger partial charge in [0, 0.05) is 93.3 Å². The normalized spacial score (nSPS) is 11.6. The van der Waals surface area contributed by atoms with Gasteiger partial charge < -0.3 is 4.57 Å². The smallest absolute Gasteiger partial charge is 0.0987 e. The molecule has 0 bridgehead atoms. The van der Waals surface area contributed by atoms with Gasteiger partial charge in [-0.15, -0.1) is 0 Å². The molecule has 0 N–H and O–H groups in total. The molecule has 0 fully saturated rings. The van der Waals surface area contributed by atoms with Gasteiger partial charge in [0.25, 0.3) is 0 Å². The Morgan fingerprint density at radius 2 is 0.413 bits per heavy atom. The summed E-state index contributed by atoms with van der Waals surface area (Å²) in [4.78, 5) is 33.3. The van der Waals surface area contributed by atoms with Crippen molar-refractivity contribution >= 4 is 120 Å². The van der Waals surface area contributed by atoms with Crippen LogP contribution in [0.3, 0.4) is 0 Å². The molecule has 5 heterocycles. The molecule has 0 radical (unpaired) electrons. The van der Waals surface area contributed by atoms with Gasteiger partial charge in [-0.05, 0) is 120 Å². The summed E-state index contributed by atoms with van der Waals surface area (Å²) in [6.07, 6.45) is 0. The fourth-order valence-electron chi connectivity index (χ4n) is 18.3. The maximum atomic E-state index is 5.65. The average molecular weight is 1540 g/mol. The molecule has 121 heavy (non-hydrogen) atoms. The summed E-state index contributed by atoms with van der Waals surface area (Å²) in [6, 6.07) is 153. The predicted molar refractivity (Wildman–Crippen MR) is 506 cm³/mol. The molecule has 0 saturated carbocycles. The van der Waals surface area contributed by atoms with E-state index in [9.17, 15) is 0 Å². The van der Waals surface area contributed by atoms with Crippen LogP contribution < -0.4 is 0 Å². The van der Waals surface area contributed by atoms with Crippen molar-refractivity contribution in [1.82, 2.24) is 34.5 Å². The van der Waals surface area contributed by atoms with E-state index >= 15 is 0 Å². The van der Waals surface area contributed by atoms with Crippen molar-refractivity contribution < 1.29 is 0 Å². The zero-order valence-corrected chi connectivity index (χ0v) is 65.6. The van der Waals surface area contributed by atoms with Crippen molar-refractivity contribution in [3.63, 3.8) is 0 Å². The molecule has 0 spiro atoms. The van der Waals surface area contributed by atoms with E-state index in [2.05, 4.69) is 411 Å². The van der Waals surface area contributed by atoms with Gasteiger partial charge in [-0.1, -0.05) is 376 Å². The minimum absolute atomic E-state index is 0.849. The van der Waals surface area contributed by atoms with E-state index in [1.165, 1.54) is 59.7 Å². The zero-order valence-electron chi connectivity index (χ0n) is 65.6. The summed E-state index contributed by atoms with van der Waals surface area (Å²) in [5.74, 6) is 0. The Morgan fingerprint density at radius 3 is 0.793 bits per heavy atom. The minimum atomic E-state index is 0.849. The van der Waals surface area contributed by atoms with Crippen LogP contribution in [0.2, 0.25) is 0 Å². The summed E-state index contributed by atoms with van der Waals surface area (Å²) in [6.45, 7) is 0. The van der Waals surface area contributed by atoms with Crippen molar-refractivity contribution in [2.45, 2.75) is 0 Å². The van der Waals surface area contributed by atoms with Gasteiger partial charge in [0.05, 0.1) is 78.3 Å². The van der Waals surface area contributed by atoms with Gasteiger partial charge in [-0.25, -0.2) is 29.9 Å². The van der Waals surface area contributed by atoms with E-state index in [4.69, 9.17) is 29.9 Å². The van der Waals surface area contributed by atoms with E-state index in [0.29, 0.717) is 0 Å². The Morgan fingerprint density at radius 1 is 0.149 bits per heavy atom. The second-order valence-corrected chi connectivity index (χ2v) is 31.0. The lowest BCUT2D eigenvalue weighted by atomic mass is 9.91. The Kier molecular flexibility index (Phi) is 17.1. The maximum absolute atomic E-state index is 5.65. The van der Waals surface area contributed by atoms with Crippen LogP contribution in [0.1, 0.15) is 0 Å². The fourth-order valence-corrected chi connectivity index (χ4v) is 18.3. The Bertz CT molecular complexity index is 8100. The van der Waals surface area contributed by atoms with Crippen molar-refractivity contribution in [3.05, 3.63) is 431 Å². The number of pyridine rings is 2. The molecule has 24 rings (SSSR count). The van der Waals surface area contributed by atoms with Crippen LogP contribution in [-0.4, -0.2) is 34.5 Å². The number of hydrogen-bond donors (Lipinski definition) is 0. The molecule has 7 nitrogen and oxygen atoms in total. The first kappa shape index (κ1) is 70.2. The number of hydrogen-bond acceptors (Lipinski definition) is 6. The van der Waals surface area contributed by atoms with Crippen molar-refractivity contribution in [3.8, 4) is 118 Å². The Balaban J connectivity index is 0.000000141. The molecule has 0 aliphatic heterocycles. The topological polar surface area (TPSA) is 82.3 Å². The van der Waals surface area contributed by atoms with Gasteiger partial charge >= 0.3 is 0 Å². The van der Waals surface area contributed by atoms with E-state index in [1.54, 1.807) is 0 Å². The third kappa shape index (κ3) is 12.2. The molecule has 0 amide bonds. The predicted octanol–water partition coefficient (Wildman–Crippen LogP) is 29.9. The molecule has 0 aliphatic rings. The van der Waals surface area contributed by atoms with Crippen molar-refractivity contribution in [1.29, 1.82) is 0 Å². The molecule has 0 unspecified atom stereocenters. The fraction of sp³-hybridized carbons (Fsp3) is 0. The van der Waals surface area contributed by atoms with E-state index in [1.807, 2.05) is 24.3 Å². The highest BCUT2D eigenvalue weighted by atomic mass is 15.0. The summed E-state index contributed by atoms with van der Waals surface area (Å²) in [5, 5.41) is 16.4. The Labute approximate surface area is 697 Å². The number of fused-ring (bicyclic) bond motifs is 19. The third-order valence-electron chi connectivity index (χ3n) is 24.0. The van der Waals surface area contributed by atoms with Crippen LogP contribution in [0.5, 0.6) is 0 Å². The molecule has 24 aromatic rings. The summed E-state index contributed by atoms with van der Waals surface area (Å²) in [7, 11) is 0. The number of para-hydroxylation sites is 4. The van der Waals surface area contributed by atoms with Gasteiger partial charge in [0.1, 0.15) is 0 Å². The quantitative estimate of drug-likeness (QED) is 0.120. The first-order valence-electron chi connectivity index (χ1n) is 41.1. The Hall–Kier alpha value is -16.2. The second-order valence-electron chi connectivity index (χ2n) is 31.0. The van der Waals surface area contributed by atoms with Crippen LogP contribution in [0.25, 0.3) is 237 Å². The highest BCUT2D eigenvalue weighted by molar-refractivity contribution is 6.28. The molecule has 19 aromatic carbocycles. The minimum Gasteiger partial charge on any atom is -0.309 e. The average Bonchev–Trinajstić information content (AvgIpc) is 1.13. The lowest BCUT2D eigenvalue weighted by Gasteiger charge is -2.18. The van der Waals surface area contributed by atoms with Gasteiger partial charge in [-0.2, -0.15) is 0 Å². The molecular formula is C114H71N7. The second kappa shape index (κ2) is 29.5. The highest BCUT2D eigenvalue weighted by Crippen LogP contribution is 2.48. The van der Waals surface area contributed by atoms with Crippen LogP contribution in [-0.2, 0) is 0 Å². The highest BCUT2D eigenvalue weighted by Gasteiger charge is 2.26. The monoisotopic (exact) mass is 1540 g/mol. The van der Waals surface area contributed by atoms with Gasteiger partial charge in [0.15, 0.2) is 0 Å². The number of nitrogens with zero attached hydrogens (tertiary/aromatic N) is 7. The number of rotatable bonds is 11. The first-order chi connectivity index (χ1) is 60.0. The first-order valence-corrected chi connectivity index (χ1v) is 41.1. The molecule has 0 atom stereocenters. The van der Waals surface area contributed by atoms with Crippen LogP contribution in [0.4, 0.5) is 0 Å². The molecule has 0 saturated heterocycles. The zero-order chi connectivity index (χ0) is 79.9. The SMILES string of the molecule is c1ccc(-c2nc3c(-c4ccccc4)cc4c(-c5ccc(-c6ccc(-n7c8ccccc8c8ccccc87)cc6)cc5)nc5ccccc5c4c3nc2-c2ccccc2)cc1.c1ccc(-c2nc3c(-c4ccccc4)cc4c(-c5ccc(-c6ccc7c8ccccc8c8ccccc8c7c6)cc5)nc5ccccc5c4c3nc2-c2ccccc2)cc1. The molecular weight excluding hydrogens is 1470 g/mol. The molecule has 5 aromatic heterocycles. The van der Waals surface area contributed by atoms with E-state index < -0.39 is 0 Å². The van der Waals surface area contributed by atoms with Crippen molar-refractivity contribution in [2.75, 3.05) is 0 Å². The lowest BCUT2D eigenvalue weighted by molar-refractivity contribution is 1.18. The largest absolute Gasteiger partial charge is 0.309 e. The maximum Gasteiger partial charge on any atom is 0.0987 e. The number of aromatic nitrogens is 7. The summed E-state index contributed by atoms with van der Waals surface area (Å²) >= 11 is 0. The standard InChI is InChI=1S/C57H36N4.C57H35N3/c1-4-16-39(17-5-1)47-36-48-52(57-56(47)59-54(40-18-6-2-7-19-40)55(60-57)41-20-8-3-9-21-41)46-24-10-13-25-49(46)58-53(48)42-30-28-37(29-31-42)38-32-34-43(35-33-38)61-50-26-14-11-22-44(50)45-23-12-15-27-51(45)61;1-4-16-37(17-5-1)48-35-50-52(57-56(48)59-54(38-18-6-2-7-19-38)55(60-57)39-20-8-3-9-21-39)47-26-14-15-27-51(47)58-53(50)40-30-28-36(29-31-40)41-32-33-46-44-24-11-10-22-42(44)43-23-12-13-25-45(43)49(46)34-41/h1-36H;1-35H. The summed E-state index contributed by atoms with van der Waals surface area (Å²) in [5.41, 5.74) is 29.1. The summed E-state index contributed by atoms with van der Waals surface area (Å²) < 4.78 is 2.36. The lowest BCUT2D eigenvalue weighted by Crippen LogP contribution is -2.00. The molecule has 562 valence electrons. The third-order valence-corrected chi connectivity index (χ3v) is 24.0. The van der Waals surface area contributed by atoms with Gasteiger partial charge in [-0.3, -0.25) is 0 Å². The molecule has 0 aliphatic carbocycles. The van der Waals surface area contributed by atoms with Crippen LogP contribution in [0.15, 0.2) is 431 Å². The van der Waals surface area contributed by atoms with E-state index in [-0.39, 0.29) is 0 Å². The van der Waals surface area contributed by atoms with Crippen LogP contribution in [0, 0.1) is 0 Å².